The number of ketones is 1. The number of nitrogens with one attached hydrogen (secondary N) is 5. The van der Waals surface area contributed by atoms with Crippen LogP contribution in [-0.4, -0.2) is 63.8 Å². The van der Waals surface area contributed by atoms with Crippen molar-refractivity contribution < 1.29 is 39.1 Å². The third-order valence-corrected chi connectivity index (χ3v) is 9.78. The molecule has 2 bridgehead atoms. The lowest BCUT2D eigenvalue weighted by Gasteiger charge is -2.26. The number of anilines is 2. The second-order valence-electron chi connectivity index (χ2n) is 12.9. The summed E-state index contributed by atoms with van der Waals surface area (Å²) in [5.41, 5.74) is 4.86. The van der Waals surface area contributed by atoms with Gasteiger partial charge in [0.25, 0.3) is 0 Å². The van der Waals surface area contributed by atoms with Gasteiger partial charge in [0.2, 0.25) is 23.6 Å². The zero-order chi connectivity index (χ0) is 37.7. The van der Waals surface area contributed by atoms with E-state index in [1.165, 1.54) is 11.3 Å². The normalized spacial score (nSPS) is 20.7. The molecule has 53 heavy (non-hydrogen) atoms. The molecule has 1 aromatic heterocycles. The Morgan fingerprint density at radius 3 is 1.94 bits per heavy atom. The molecule has 2 aliphatic rings. The maximum Gasteiger partial charge on any atom is 0.307 e. The molecule has 4 aromatic rings. The van der Waals surface area contributed by atoms with Gasteiger partial charge >= 0.3 is 5.97 Å². The van der Waals surface area contributed by atoms with E-state index in [9.17, 15) is 39.1 Å². The molecular formula is C39H41N5O8S. The predicted molar refractivity (Wildman–Crippen MR) is 198 cm³/mol. The molecule has 0 saturated heterocycles. The maximum atomic E-state index is 14.2. The summed E-state index contributed by atoms with van der Waals surface area (Å²) in [5.74, 6) is -5.13. The molecule has 0 unspecified atom stereocenters. The molecule has 0 radical (unpaired) electrons. The van der Waals surface area contributed by atoms with Gasteiger partial charge in [0.1, 0.15) is 12.1 Å². The first-order valence-corrected chi connectivity index (χ1v) is 18.0. The molecule has 6 rings (SSSR count). The topological polar surface area (TPSA) is 203 Å². The van der Waals surface area contributed by atoms with Crippen molar-refractivity contribution in [3.8, 4) is 0 Å². The van der Waals surface area contributed by atoms with Crippen molar-refractivity contribution in [2.75, 3.05) is 10.8 Å². The van der Waals surface area contributed by atoms with Gasteiger partial charge in [-0.25, -0.2) is 0 Å². The number of aliphatic carboxylic acids is 1. The Hall–Kier alpha value is -5.86. The standard InChI is InChI=1S/C39H41N5O8S/c45-34-22-27(39(50)51)19-25-8-12-28(13-9-25)40-35(46)16-17-36(47)41-33(23-30-7-4-18-53-30)38(49)43-32(21-26-10-14-29(44-52)15-11-26)37(48)42-31(34)20-24-5-2-1-3-6-24/h1-15,18,27,31-33,44,52H,16-17,19-23H2,(H,40,46)(H,41,47)(H,42,48)(H,43,49)(H,50,51)/t27-,31-,32+,33-/m1/s1. The molecule has 4 amide bonds. The summed E-state index contributed by atoms with van der Waals surface area (Å²) in [6.45, 7) is 0. The monoisotopic (exact) mass is 739 g/mol. The van der Waals surface area contributed by atoms with Crippen LogP contribution in [0.4, 0.5) is 11.4 Å². The van der Waals surface area contributed by atoms with Crippen LogP contribution in [0.3, 0.4) is 0 Å². The third-order valence-electron chi connectivity index (χ3n) is 8.88. The molecular weight excluding hydrogens is 699 g/mol. The smallest absolute Gasteiger partial charge is 0.307 e. The van der Waals surface area contributed by atoms with Crippen LogP contribution in [0.5, 0.6) is 0 Å². The fraction of sp³-hybridized carbons (Fsp3) is 0.282. The van der Waals surface area contributed by atoms with Crippen molar-refractivity contribution in [2.45, 2.75) is 63.1 Å². The summed E-state index contributed by atoms with van der Waals surface area (Å²) in [7, 11) is 0. The van der Waals surface area contributed by atoms with E-state index in [1.807, 2.05) is 29.1 Å². The molecule has 0 fully saturated rings. The average Bonchev–Trinajstić information content (AvgIpc) is 3.67. The van der Waals surface area contributed by atoms with Crippen molar-refractivity contribution in [3.63, 3.8) is 0 Å². The van der Waals surface area contributed by atoms with E-state index < -0.39 is 59.4 Å². The highest BCUT2D eigenvalue weighted by Gasteiger charge is 2.32. The number of carboxylic acids is 1. The summed E-state index contributed by atoms with van der Waals surface area (Å²) < 4.78 is 0. The fourth-order valence-electron chi connectivity index (χ4n) is 6.00. The van der Waals surface area contributed by atoms with Crippen LogP contribution in [0.25, 0.3) is 0 Å². The van der Waals surface area contributed by atoms with Crippen LogP contribution < -0.4 is 26.7 Å². The Bertz CT molecular complexity index is 1890. The van der Waals surface area contributed by atoms with Crippen LogP contribution in [0.1, 0.15) is 40.8 Å². The van der Waals surface area contributed by atoms with Crippen molar-refractivity contribution in [1.82, 2.24) is 16.0 Å². The maximum absolute atomic E-state index is 14.2. The zero-order valence-electron chi connectivity index (χ0n) is 28.7. The molecule has 0 spiro atoms. The highest BCUT2D eigenvalue weighted by Crippen LogP contribution is 2.20. The number of amides is 4. The Labute approximate surface area is 310 Å². The van der Waals surface area contributed by atoms with E-state index in [2.05, 4.69) is 21.3 Å². The molecule has 7 N–H and O–H groups in total. The number of benzene rings is 3. The first kappa shape index (κ1) is 38.4. The number of rotatable bonds is 8. The third kappa shape index (κ3) is 11.6. The van der Waals surface area contributed by atoms with Crippen molar-refractivity contribution in [2.24, 2.45) is 5.92 Å². The van der Waals surface area contributed by atoms with Gasteiger partial charge in [-0.05, 0) is 65.2 Å². The van der Waals surface area contributed by atoms with Gasteiger partial charge in [-0.1, -0.05) is 60.7 Å². The molecule has 4 atom stereocenters. The number of hydrogen-bond donors (Lipinski definition) is 7. The van der Waals surface area contributed by atoms with Crippen LogP contribution in [0, 0.1) is 5.92 Å². The molecule has 14 heteroatoms. The van der Waals surface area contributed by atoms with E-state index in [-0.39, 0.29) is 44.9 Å². The summed E-state index contributed by atoms with van der Waals surface area (Å²) in [4.78, 5) is 81.2. The SMILES string of the molecule is O=C1CCC(=O)N[C@H](Cc2cccs2)C(=O)N[C@@H](Cc2ccc(NO)cc2)C(=O)N[C@H](Cc2ccccc2)C(=O)C[C@H](C(=O)O)Cc2ccc(cc2)N1. The first-order chi connectivity index (χ1) is 25.6. The lowest BCUT2D eigenvalue weighted by atomic mass is 9.90. The molecule has 276 valence electrons. The number of fused-ring (bicyclic) bond motifs is 18. The second-order valence-corrected chi connectivity index (χ2v) is 13.9. The Kier molecular flexibility index (Phi) is 13.4. The minimum atomic E-state index is -1.24. The van der Waals surface area contributed by atoms with Gasteiger partial charge in [-0.3, -0.25) is 39.5 Å². The molecule has 3 aromatic carbocycles. The summed E-state index contributed by atoms with van der Waals surface area (Å²) in [6.07, 6.45) is -0.584. The van der Waals surface area contributed by atoms with Crippen molar-refractivity contribution >= 4 is 58.1 Å². The van der Waals surface area contributed by atoms with Crippen LogP contribution >= 0.6 is 11.3 Å². The molecule has 2 aliphatic heterocycles. The number of Topliss-reactive ketones (excluding diaryl/α,β-unsaturated/α-hetero) is 1. The quantitative estimate of drug-likeness (QED) is 0.104. The van der Waals surface area contributed by atoms with E-state index in [4.69, 9.17) is 0 Å². The Morgan fingerprint density at radius 1 is 0.679 bits per heavy atom. The number of hydrogen-bond acceptors (Lipinski definition) is 9. The van der Waals surface area contributed by atoms with Crippen LogP contribution in [0.2, 0.25) is 0 Å². The molecule has 3 heterocycles. The number of carboxylic acid groups (broad SMARTS) is 1. The number of thiophene rings is 1. The minimum absolute atomic E-state index is 0.0183. The van der Waals surface area contributed by atoms with E-state index in [0.29, 0.717) is 22.5 Å². The average molecular weight is 740 g/mol. The molecule has 0 aliphatic carbocycles. The van der Waals surface area contributed by atoms with Crippen molar-refractivity contribution in [3.05, 3.63) is 118 Å². The van der Waals surface area contributed by atoms with Gasteiger partial charge in [0.05, 0.1) is 17.6 Å². The van der Waals surface area contributed by atoms with Crippen LogP contribution in [0.15, 0.2) is 96.4 Å². The number of carbonyl (C=O) groups excluding carboxylic acids is 5. The second kappa shape index (κ2) is 18.6. The van der Waals surface area contributed by atoms with E-state index >= 15 is 0 Å². The largest absolute Gasteiger partial charge is 0.481 e. The predicted octanol–water partition coefficient (Wildman–Crippen LogP) is 3.67. The summed E-state index contributed by atoms with van der Waals surface area (Å²) in [6, 6.07) is 22.1. The molecule has 13 nitrogen and oxygen atoms in total. The zero-order valence-corrected chi connectivity index (χ0v) is 29.6. The van der Waals surface area contributed by atoms with Gasteiger partial charge in [-0.2, -0.15) is 0 Å². The lowest BCUT2D eigenvalue weighted by Crippen LogP contribution is -2.57. The fourth-order valence-corrected chi connectivity index (χ4v) is 6.75. The van der Waals surface area contributed by atoms with Gasteiger partial charge in [0, 0.05) is 42.7 Å². The van der Waals surface area contributed by atoms with Gasteiger partial charge in [-0.15, -0.1) is 11.3 Å². The van der Waals surface area contributed by atoms with Gasteiger partial charge < -0.3 is 26.4 Å². The highest BCUT2D eigenvalue weighted by molar-refractivity contribution is 7.09. The summed E-state index contributed by atoms with van der Waals surface area (Å²) >= 11 is 1.39. The number of carbonyl (C=O) groups is 6. The lowest BCUT2D eigenvalue weighted by molar-refractivity contribution is -0.144. The highest BCUT2D eigenvalue weighted by atomic mass is 32.1. The Morgan fingerprint density at radius 2 is 1.30 bits per heavy atom. The van der Waals surface area contributed by atoms with E-state index in [1.54, 1.807) is 72.8 Å². The summed E-state index contributed by atoms with van der Waals surface area (Å²) in [5, 5.41) is 32.3. The van der Waals surface area contributed by atoms with E-state index in [0.717, 1.165) is 10.4 Å². The van der Waals surface area contributed by atoms with Crippen LogP contribution in [-0.2, 0) is 54.5 Å². The minimum Gasteiger partial charge on any atom is -0.481 e. The molecule has 0 saturated carbocycles. The van der Waals surface area contributed by atoms with Crippen molar-refractivity contribution in [1.29, 1.82) is 0 Å². The van der Waals surface area contributed by atoms with Gasteiger partial charge in [0.15, 0.2) is 5.78 Å². The Balaban J connectivity index is 1.50. The first-order valence-electron chi connectivity index (χ1n) is 17.2.